The average molecular weight is 496 g/mol. The van der Waals surface area contributed by atoms with E-state index in [-0.39, 0.29) is 5.76 Å². The smallest absolute Gasteiger partial charge is 0.375 e. The molecule has 31 heavy (non-hydrogen) atoms. The van der Waals surface area contributed by atoms with Gasteiger partial charge < -0.3 is 14.5 Å². The number of ether oxygens (including phenoxy) is 1. The second kappa shape index (κ2) is 9.41. The number of hydrogen-bond acceptors (Lipinski definition) is 5. The van der Waals surface area contributed by atoms with Crippen LogP contribution >= 0.6 is 27.7 Å². The molecule has 0 atom stereocenters. The Balaban J connectivity index is 1.41. The van der Waals surface area contributed by atoms with E-state index in [1.165, 1.54) is 0 Å². The molecule has 1 heterocycles. The molecule has 0 aliphatic carbocycles. The lowest BCUT2D eigenvalue weighted by Crippen LogP contribution is -2.21. The maximum atomic E-state index is 12.5. The van der Waals surface area contributed by atoms with Crippen LogP contribution in [0.3, 0.4) is 0 Å². The highest BCUT2D eigenvalue weighted by Crippen LogP contribution is 2.33. The van der Waals surface area contributed by atoms with Crippen molar-refractivity contribution in [2.75, 3.05) is 11.9 Å². The number of esters is 1. The van der Waals surface area contributed by atoms with Crippen molar-refractivity contribution >= 4 is 56.2 Å². The fourth-order valence-electron chi connectivity index (χ4n) is 3.05. The topological polar surface area (TPSA) is 68.5 Å². The summed E-state index contributed by atoms with van der Waals surface area (Å²) >= 11 is 4.95. The van der Waals surface area contributed by atoms with Crippen molar-refractivity contribution < 1.29 is 18.7 Å². The largest absolute Gasteiger partial charge is 0.450 e. The summed E-state index contributed by atoms with van der Waals surface area (Å²) in [6.45, 7) is 1.37. The van der Waals surface area contributed by atoms with Gasteiger partial charge in [0.15, 0.2) is 6.61 Å². The highest BCUT2D eigenvalue weighted by atomic mass is 79.9. The molecule has 0 aliphatic heterocycles. The van der Waals surface area contributed by atoms with E-state index in [2.05, 4.69) is 21.2 Å². The van der Waals surface area contributed by atoms with Crippen molar-refractivity contribution in [3.05, 3.63) is 88.6 Å². The van der Waals surface area contributed by atoms with Gasteiger partial charge in [-0.25, -0.2) is 4.79 Å². The van der Waals surface area contributed by atoms with Gasteiger partial charge in [-0.1, -0.05) is 58.0 Å². The first-order valence-corrected chi connectivity index (χ1v) is 11.1. The molecule has 0 bridgehead atoms. The first-order valence-electron chi connectivity index (χ1n) is 9.49. The molecule has 0 unspecified atom stereocenters. The molecule has 3 aromatic carbocycles. The van der Waals surface area contributed by atoms with Crippen molar-refractivity contribution in [2.24, 2.45) is 0 Å². The molecule has 4 aromatic rings. The zero-order valence-corrected chi connectivity index (χ0v) is 19.0. The summed E-state index contributed by atoms with van der Waals surface area (Å²) < 4.78 is 11.7. The van der Waals surface area contributed by atoms with Gasteiger partial charge in [0.05, 0.1) is 5.69 Å². The summed E-state index contributed by atoms with van der Waals surface area (Å²) in [6, 6.07) is 22.8. The summed E-state index contributed by atoms with van der Waals surface area (Å²) in [5.74, 6) is -1.00. The molecule has 0 aliphatic rings. The van der Waals surface area contributed by atoms with Gasteiger partial charge in [-0.15, -0.1) is 0 Å². The van der Waals surface area contributed by atoms with Crippen LogP contribution in [0.5, 0.6) is 0 Å². The Hall–Kier alpha value is -3.03. The lowest BCUT2D eigenvalue weighted by atomic mass is 10.1. The van der Waals surface area contributed by atoms with E-state index in [1.54, 1.807) is 24.8 Å². The summed E-state index contributed by atoms with van der Waals surface area (Å²) in [4.78, 5) is 26.8. The molecule has 7 heteroatoms. The third kappa shape index (κ3) is 5.00. The van der Waals surface area contributed by atoms with Gasteiger partial charge >= 0.3 is 5.97 Å². The second-order valence-corrected chi connectivity index (χ2v) is 8.76. The third-order valence-electron chi connectivity index (χ3n) is 4.55. The van der Waals surface area contributed by atoms with Gasteiger partial charge in [0, 0.05) is 25.2 Å². The van der Waals surface area contributed by atoms with Gasteiger partial charge in [-0.3, -0.25) is 4.79 Å². The van der Waals surface area contributed by atoms with E-state index in [9.17, 15) is 9.59 Å². The number of carbonyl (C=O) groups excluding carboxylic acids is 2. The highest BCUT2D eigenvalue weighted by molar-refractivity contribution is 9.10. The number of amides is 1. The quantitative estimate of drug-likeness (QED) is 0.311. The van der Waals surface area contributed by atoms with E-state index < -0.39 is 18.5 Å². The zero-order chi connectivity index (χ0) is 21.8. The lowest BCUT2D eigenvalue weighted by Gasteiger charge is -2.11. The van der Waals surface area contributed by atoms with Crippen LogP contribution in [0.15, 0.2) is 91.5 Å². The minimum absolute atomic E-state index is 0.0981. The van der Waals surface area contributed by atoms with Crippen LogP contribution in [0.25, 0.3) is 11.0 Å². The van der Waals surface area contributed by atoms with Crippen molar-refractivity contribution in [3.8, 4) is 0 Å². The second-order valence-electron chi connectivity index (χ2n) is 6.73. The molecule has 4 rings (SSSR count). The number of hydrogen-bond donors (Lipinski definition) is 1. The third-order valence-corrected chi connectivity index (χ3v) is 6.13. The predicted octanol–water partition coefficient (Wildman–Crippen LogP) is 6.45. The zero-order valence-electron chi connectivity index (χ0n) is 16.6. The summed E-state index contributed by atoms with van der Waals surface area (Å²) in [5.41, 5.74) is 1.91. The molecule has 156 valence electrons. The first kappa shape index (κ1) is 21.2. The SMILES string of the molecule is Cc1c(C(=O)OCC(=O)Nc2ccccc2Sc2ccccc2)oc2ccc(Br)cc12. The Kier molecular flexibility index (Phi) is 6.44. The molecular formula is C24H18BrNO4S. The first-order chi connectivity index (χ1) is 15.0. The van der Waals surface area contributed by atoms with Gasteiger partial charge in [-0.2, -0.15) is 0 Å². The van der Waals surface area contributed by atoms with Gasteiger partial charge in [0.1, 0.15) is 5.58 Å². The number of benzene rings is 3. The Morgan fingerprint density at radius 2 is 1.77 bits per heavy atom. The number of carbonyl (C=O) groups is 2. The van der Waals surface area contributed by atoms with Crippen LogP contribution in [0.1, 0.15) is 16.1 Å². The lowest BCUT2D eigenvalue weighted by molar-refractivity contribution is -0.119. The van der Waals surface area contributed by atoms with Crippen molar-refractivity contribution in [3.63, 3.8) is 0 Å². The van der Waals surface area contributed by atoms with Crippen LogP contribution in [-0.2, 0) is 9.53 Å². The Morgan fingerprint density at radius 3 is 2.58 bits per heavy atom. The van der Waals surface area contributed by atoms with Crippen LogP contribution in [0.4, 0.5) is 5.69 Å². The molecule has 1 aromatic heterocycles. The van der Waals surface area contributed by atoms with E-state index in [1.807, 2.05) is 66.7 Å². The Morgan fingerprint density at radius 1 is 1.03 bits per heavy atom. The summed E-state index contributed by atoms with van der Waals surface area (Å²) in [7, 11) is 0. The molecule has 0 fully saturated rings. The summed E-state index contributed by atoms with van der Waals surface area (Å²) in [6.07, 6.45) is 0. The van der Waals surface area contributed by atoms with E-state index in [4.69, 9.17) is 9.15 Å². The molecule has 0 saturated carbocycles. The predicted molar refractivity (Wildman–Crippen MR) is 125 cm³/mol. The highest BCUT2D eigenvalue weighted by Gasteiger charge is 2.20. The van der Waals surface area contributed by atoms with E-state index >= 15 is 0 Å². The molecule has 1 amide bonds. The number of halogens is 1. The van der Waals surface area contributed by atoms with Crippen LogP contribution in [-0.4, -0.2) is 18.5 Å². The van der Waals surface area contributed by atoms with Gasteiger partial charge in [-0.05, 0) is 49.4 Å². The van der Waals surface area contributed by atoms with Crippen LogP contribution < -0.4 is 5.32 Å². The minimum atomic E-state index is -0.674. The number of fused-ring (bicyclic) bond motifs is 1. The maximum Gasteiger partial charge on any atom is 0.375 e. The molecule has 0 spiro atoms. The molecular weight excluding hydrogens is 478 g/mol. The van der Waals surface area contributed by atoms with Crippen molar-refractivity contribution in [1.82, 2.24) is 0 Å². The molecule has 5 nitrogen and oxygen atoms in total. The van der Waals surface area contributed by atoms with Gasteiger partial charge in [0.2, 0.25) is 5.76 Å². The van der Waals surface area contributed by atoms with E-state index in [0.29, 0.717) is 16.8 Å². The molecule has 0 radical (unpaired) electrons. The average Bonchev–Trinajstić information content (AvgIpc) is 3.10. The molecule has 1 N–H and O–H groups in total. The van der Waals surface area contributed by atoms with Crippen molar-refractivity contribution in [2.45, 2.75) is 16.7 Å². The van der Waals surface area contributed by atoms with E-state index in [0.717, 1.165) is 19.6 Å². The minimum Gasteiger partial charge on any atom is -0.450 e. The fraction of sp³-hybridized carbons (Fsp3) is 0.0833. The van der Waals surface area contributed by atoms with Gasteiger partial charge in [0.25, 0.3) is 5.91 Å². The van der Waals surface area contributed by atoms with Crippen molar-refractivity contribution in [1.29, 1.82) is 0 Å². The normalized spacial score (nSPS) is 10.8. The Labute approximate surface area is 191 Å². The number of para-hydroxylation sites is 1. The number of rotatable bonds is 6. The number of furan rings is 1. The Bertz CT molecular complexity index is 1250. The number of aryl methyl sites for hydroxylation is 1. The summed E-state index contributed by atoms with van der Waals surface area (Å²) in [5, 5.41) is 3.63. The standard InChI is InChI=1S/C24H18BrNO4S/c1-15-18-13-16(25)11-12-20(18)30-23(15)24(28)29-14-22(27)26-19-9-5-6-10-21(19)31-17-7-3-2-4-8-17/h2-13H,14H2,1H3,(H,26,27). The monoisotopic (exact) mass is 495 g/mol. The number of nitrogens with one attached hydrogen (secondary N) is 1. The fourth-order valence-corrected chi connectivity index (χ4v) is 4.33. The molecule has 0 saturated heterocycles. The maximum absolute atomic E-state index is 12.5. The van der Waals surface area contributed by atoms with Crippen LogP contribution in [0.2, 0.25) is 0 Å². The number of anilines is 1. The van der Waals surface area contributed by atoms with Crippen LogP contribution in [0, 0.1) is 6.92 Å².